The molecule has 41 heavy (non-hydrogen) atoms. The molecule has 2 aromatic heterocycles. The number of aromatic nitrogens is 1. The van der Waals surface area contributed by atoms with Crippen LogP contribution in [0.5, 0.6) is 0 Å². The summed E-state index contributed by atoms with van der Waals surface area (Å²) in [6, 6.07) is 17.7. The molecule has 0 saturated carbocycles. The summed E-state index contributed by atoms with van der Waals surface area (Å²) in [4.78, 5) is 28.1. The van der Waals surface area contributed by atoms with Crippen LogP contribution in [0.25, 0.3) is 11.1 Å². The predicted octanol–water partition coefficient (Wildman–Crippen LogP) is 7.76. The standard InChI is InChI=1S/C34H34N4O2S/c1-20-10-12-27(13-11-20)36-33(40)31-29-8-6-7-9-30(29)41-34(31)38-23(4)17-25(24(38)5)18-26(19-35)32(39)37-28-15-21(2)14-22(3)16-28/h10-18H,6-9H2,1-5H3,(H,36,40)(H,37,39)/b26-18-. The maximum Gasteiger partial charge on any atom is 0.266 e. The number of nitrogens with one attached hydrogen (secondary N) is 2. The van der Waals surface area contributed by atoms with Crippen molar-refractivity contribution in [3.8, 4) is 11.1 Å². The molecule has 2 aromatic carbocycles. The Labute approximate surface area is 245 Å². The Morgan fingerprint density at radius 1 is 0.878 bits per heavy atom. The summed E-state index contributed by atoms with van der Waals surface area (Å²) < 4.78 is 2.09. The average molecular weight is 563 g/mol. The van der Waals surface area contributed by atoms with Gasteiger partial charge in [0.2, 0.25) is 0 Å². The molecule has 0 radical (unpaired) electrons. The number of hydrogen-bond donors (Lipinski definition) is 2. The molecular weight excluding hydrogens is 528 g/mol. The number of aryl methyl sites for hydroxylation is 5. The maximum atomic E-state index is 13.8. The zero-order valence-electron chi connectivity index (χ0n) is 24.1. The second-order valence-corrected chi connectivity index (χ2v) is 12.0. The van der Waals surface area contributed by atoms with E-state index in [1.54, 1.807) is 17.4 Å². The van der Waals surface area contributed by atoms with Crippen LogP contribution in [0.15, 0.2) is 54.1 Å². The van der Waals surface area contributed by atoms with Gasteiger partial charge in [0.15, 0.2) is 0 Å². The van der Waals surface area contributed by atoms with Gasteiger partial charge in [-0.3, -0.25) is 9.59 Å². The first kappa shape index (κ1) is 28.1. The number of benzene rings is 2. The van der Waals surface area contributed by atoms with Crippen molar-refractivity contribution in [2.75, 3.05) is 10.6 Å². The molecule has 0 saturated heterocycles. The largest absolute Gasteiger partial charge is 0.322 e. The summed E-state index contributed by atoms with van der Waals surface area (Å²) in [5, 5.41) is 16.7. The molecule has 1 aliphatic rings. The monoisotopic (exact) mass is 562 g/mol. The predicted molar refractivity (Wildman–Crippen MR) is 167 cm³/mol. The lowest BCUT2D eigenvalue weighted by atomic mass is 9.95. The van der Waals surface area contributed by atoms with Gasteiger partial charge in [-0.15, -0.1) is 11.3 Å². The highest BCUT2D eigenvalue weighted by molar-refractivity contribution is 7.15. The van der Waals surface area contributed by atoms with Gasteiger partial charge in [0.1, 0.15) is 16.6 Å². The van der Waals surface area contributed by atoms with Gasteiger partial charge in [-0.1, -0.05) is 23.8 Å². The first-order valence-corrected chi connectivity index (χ1v) is 14.7. The molecule has 1 aliphatic carbocycles. The third-order valence-electron chi connectivity index (χ3n) is 7.51. The maximum absolute atomic E-state index is 13.8. The molecule has 2 heterocycles. The van der Waals surface area contributed by atoms with E-state index in [1.165, 1.54) is 4.88 Å². The molecule has 0 fully saturated rings. The number of nitriles is 1. The van der Waals surface area contributed by atoms with Crippen LogP contribution in [0.1, 0.15) is 67.3 Å². The Kier molecular flexibility index (Phi) is 7.96. The Bertz CT molecular complexity index is 1710. The van der Waals surface area contributed by atoms with Crippen LogP contribution in [-0.2, 0) is 17.6 Å². The summed E-state index contributed by atoms with van der Waals surface area (Å²) in [6.07, 6.45) is 5.66. The van der Waals surface area contributed by atoms with Crippen molar-refractivity contribution >= 4 is 40.6 Å². The normalized spacial score (nSPS) is 12.9. The molecule has 7 heteroatoms. The lowest BCUT2D eigenvalue weighted by Gasteiger charge is -2.14. The lowest BCUT2D eigenvalue weighted by Crippen LogP contribution is -2.17. The Morgan fingerprint density at radius 2 is 1.56 bits per heavy atom. The average Bonchev–Trinajstić information content (AvgIpc) is 3.43. The number of carbonyl (C=O) groups excluding carboxylic acids is 2. The molecule has 0 atom stereocenters. The number of fused-ring (bicyclic) bond motifs is 1. The summed E-state index contributed by atoms with van der Waals surface area (Å²) in [6.45, 7) is 9.92. The zero-order valence-corrected chi connectivity index (χ0v) is 25.0. The Hall–Kier alpha value is -4.41. The molecule has 0 bridgehead atoms. The van der Waals surface area contributed by atoms with Crippen LogP contribution in [-0.4, -0.2) is 16.4 Å². The number of thiophene rings is 1. The number of hydrogen-bond acceptors (Lipinski definition) is 4. The van der Waals surface area contributed by atoms with Crippen molar-refractivity contribution in [3.05, 3.63) is 104 Å². The van der Waals surface area contributed by atoms with Crippen molar-refractivity contribution in [2.45, 2.75) is 60.3 Å². The summed E-state index contributed by atoms with van der Waals surface area (Å²) >= 11 is 1.67. The first-order chi connectivity index (χ1) is 19.6. The molecule has 0 spiro atoms. The minimum Gasteiger partial charge on any atom is -0.322 e. The van der Waals surface area contributed by atoms with E-state index >= 15 is 0 Å². The van der Waals surface area contributed by atoms with E-state index in [0.717, 1.165) is 81.1 Å². The van der Waals surface area contributed by atoms with Crippen LogP contribution >= 0.6 is 11.3 Å². The van der Waals surface area contributed by atoms with E-state index in [1.807, 2.05) is 83.1 Å². The van der Waals surface area contributed by atoms with Crippen LogP contribution < -0.4 is 10.6 Å². The summed E-state index contributed by atoms with van der Waals surface area (Å²) in [5.41, 5.74) is 9.08. The SMILES string of the molecule is Cc1ccc(NC(=O)c2c(-n3c(C)cc(/C=C(/C#N)C(=O)Nc4cc(C)cc(C)c4)c3C)sc3c2CCCC3)cc1. The first-order valence-electron chi connectivity index (χ1n) is 13.9. The highest BCUT2D eigenvalue weighted by Crippen LogP contribution is 2.39. The lowest BCUT2D eigenvalue weighted by molar-refractivity contribution is -0.112. The Balaban J connectivity index is 1.52. The minimum absolute atomic E-state index is 0.0206. The molecular formula is C34H34N4O2S. The van der Waals surface area contributed by atoms with Crippen LogP contribution in [0.2, 0.25) is 0 Å². The number of nitrogens with zero attached hydrogens (tertiary/aromatic N) is 2. The molecule has 5 rings (SSSR count). The fourth-order valence-corrected chi connectivity index (χ4v) is 7.07. The van der Waals surface area contributed by atoms with Gasteiger partial charge in [-0.25, -0.2) is 0 Å². The molecule has 0 aliphatic heterocycles. The van der Waals surface area contributed by atoms with Crippen molar-refractivity contribution in [1.82, 2.24) is 4.57 Å². The van der Waals surface area contributed by atoms with Crippen LogP contribution in [0.4, 0.5) is 11.4 Å². The third kappa shape index (κ3) is 5.89. The third-order valence-corrected chi connectivity index (χ3v) is 8.78. The topological polar surface area (TPSA) is 86.9 Å². The molecule has 0 unspecified atom stereocenters. The second-order valence-electron chi connectivity index (χ2n) is 10.9. The van der Waals surface area contributed by atoms with E-state index in [0.29, 0.717) is 5.69 Å². The zero-order chi connectivity index (χ0) is 29.3. The van der Waals surface area contributed by atoms with Gasteiger partial charge in [0, 0.05) is 27.6 Å². The molecule has 4 aromatic rings. The molecule has 6 nitrogen and oxygen atoms in total. The van der Waals surface area contributed by atoms with Crippen molar-refractivity contribution in [1.29, 1.82) is 5.26 Å². The van der Waals surface area contributed by atoms with Gasteiger partial charge >= 0.3 is 0 Å². The number of amides is 2. The fraction of sp³-hybridized carbons (Fsp3) is 0.265. The Morgan fingerprint density at radius 3 is 2.24 bits per heavy atom. The fourth-order valence-electron chi connectivity index (χ4n) is 5.57. The second kappa shape index (κ2) is 11.6. The molecule has 208 valence electrons. The van der Waals surface area contributed by atoms with Gasteiger partial charge in [-0.2, -0.15) is 5.26 Å². The quantitative estimate of drug-likeness (QED) is 0.186. The van der Waals surface area contributed by atoms with E-state index in [2.05, 4.69) is 21.3 Å². The highest BCUT2D eigenvalue weighted by atomic mass is 32.1. The van der Waals surface area contributed by atoms with Crippen molar-refractivity contribution in [2.24, 2.45) is 0 Å². The van der Waals surface area contributed by atoms with Gasteiger partial charge in [0.05, 0.1) is 5.56 Å². The van der Waals surface area contributed by atoms with E-state index in [9.17, 15) is 14.9 Å². The van der Waals surface area contributed by atoms with E-state index in [-0.39, 0.29) is 11.5 Å². The van der Waals surface area contributed by atoms with Gasteiger partial charge in [0.25, 0.3) is 11.8 Å². The van der Waals surface area contributed by atoms with E-state index in [4.69, 9.17) is 0 Å². The van der Waals surface area contributed by atoms with Crippen molar-refractivity contribution in [3.63, 3.8) is 0 Å². The van der Waals surface area contributed by atoms with Gasteiger partial charge in [-0.05, 0) is 119 Å². The summed E-state index contributed by atoms with van der Waals surface area (Å²) in [7, 11) is 0. The number of anilines is 2. The van der Waals surface area contributed by atoms with E-state index < -0.39 is 5.91 Å². The minimum atomic E-state index is -0.452. The number of rotatable bonds is 6. The smallest absolute Gasteiger partial charge is 0.266 e. The summed E-state index contributed by atoms with van der Waals surface area (Å²) in [5.74, 6) is -0.564. The molecule has 2 amide bonds. The highest BCUT2D eigenvalue weighted by Gasteiger charge is 2.28. The molecule has 2 N–H and O–H groups in total. The van der Waals surface area contributed by atoms with Crippen molar-refractivity contribution < 1.29 is 9.59 Å². The van der Waals surface area contributed by atoms with Crippen LogP contribution in [0.3, 0.4) is 0 Å². The van der Waals surface area contributed by atoms with Gasteiger partial charge < -0.3 is 15.2 Å². The van der Waals surface area contributed by atoms with Crippen LogP contribution in [0, 0.1) is 45.9 Å². The number of carbonyl (C=O) groups is 2.